The van der Waals surface area contributed by atoms with E-state index in [1.165, 1.54) is 33.0 Å². The summed E-state index contributed by atoms with van der Waals surface area (Å²) in [4.78, 5) is 3.22. The topological polar surface area (TPSA) is 15.8 Å². The van der Waals surface area contributed by atoms with Crippen molar-refractivity contribution >= 4 is 10.8 Å². The second-order valence-corrected chi connectivity index (χ2v) is 4.83. The molecular formula is C16H13N. The van der Waals surface area contributed by atoms with Gasteiger partial charge < -0.3 is 4.98 Å². The van der Waals surface area contributed by atoms with Gasteiger partial charge in [-0.2, -0.15) is 0 Å². The summed E-state index contributed by atoms with van der Waals surface area (Å²) in [6.07, 6.45) is 6.40. The molecule has 1 nitrogen and oxygen atoms in total. The third-order valence-electron chi connectivity index (χ3n) is 3.76. The second kappa shape index (κ2) is 3.24. The van der Waals surface area contributed by atoms with E-state index in [1.807, 2.05) is 0 Å². The van der Waals surface area contributed by atoms with Crippen LogP contribution in [0.15, 0.2) is 48.8 Å². The van der Waals surface area contributed by atoms with Gasteiger partial charge in [0.25, 0.3) is 0 Å². The van der Waals surface area contributed by atoms with E-state index in [-0.39, 0.29) is 0 Å². The van der Waals surface area contributed by atoms with Crippen LogP contribution in [-0.2, 0) is 12.8 Å². The number of hydrogen-bond donors (Lipinski definition) is 1. The molecule has 1 heterocycles. The van der Waals surface area contributed by atoms with Gasteiger partial charge in [-0.1, -0.05) is 36.4 Å². The summed E-state index contributed by atoms with van der Waals surface area (Å²) in [5.41, 5.74) is 5.87. The lowest BCUT2D eigenvalue weighted by molar-refractivity contribution is 1.02. The molecule has 4 rings (SSSR count). The molecule has 17 heavy (non-hydrogen) atoms. The zero-order valence-corrected chi connectivity index (χ0v) is 9.53. The summed E-state index contributed by atoms with van der Waals surface area (Å²) in [5, 5.41) is 2.70. The number of nitrogens with one attached hydrogen (secondary N) is 1. The molecule has 0 atom stereocenters. The van der Waals surface area contributed by atoms with Crippen molar-refractivity contribution in [3.05, 3.63) is 71.0 Å². The van der Waals surface area contributed by atoms with Gasteiger partial charge in [0.1, 0.15) is 0 Å². The van der Waals surface area contributed by atoms with Crippen LogP contribution in [0.2, 0.25) is 0 Å². The van der Waals surface area contributed by atoms with Crippen LogP contribution in [0.25, 0.3) is 10.8 Å². The van der Waals surface area contributed by atoms with Crippen molar-refractivity contribution in [1.82, 2.24) is 4.98 Å². The fourth-order valence-corrected chi connectivity index (χ4v) is 2.83. The number of fused-ring (bicyclic) bond motifs is 3. The summed E-state index contributed by atoms with van der Waals surface area (Å²) in [5.74, 6) is 0. The molecule has 0 saturated heterocycles. The lowest BCUT2D eigenvalue weighted by Gasteiger charge is -2.17. The normalized spacial score (nSPS) is 13.4. The van der Waals surface area contributed by atoms with Gasteiger partial charge in [-0.15, -0.1) is 0 Å². The number of hydrogen-bond acceptors (Lipinski definition) is 0. The van der Waals surface area contributed by atoms with Gasteiger partial charge in [0.2, 0.25) is 0 Å². The van der Waals surface area contributed by atoms with Crippen LogP contribution in [0.1, 0.15) is 22.3 Å². The van der Waals surface area contributed by atoms with Crippen molar-refractivity contribution in [3.8, 4) is 0 Å². The average Bonchev–Trinajstić information content (AvgIpc) is 2.80. The quantitative estimate of drug-likeness (QED) is 0.464. The van der Waals surface area contributed by atoms with Crippen LogP contribution in [-0.4, -0.2) is 4.98 Å². The first kappa shape index (κ1) is 9.06. The molecule has 0 spiro atoms. The third-order valence-corrected chi connectivity index (χ3v) is 3.76. The van der Waals surface area contributed by atoms with E-state index in [0.29, 0.717) is 0 Å². The SMILES string of the molecule is c1ccc2cc3c(cc2c1)Cc1c[nH]cc1C3. The first-order valence-corrected chi connectivity index (χ1v) is 6.05. The van der Waals surface area contributed by atoms with E-state index in [9.17, 15) is 0 Å². The van der Waals surface area contributed by atoms with Crippen molar-refractivity contribution in [2.75, 3.05) is 0 Å². The van der Waals surface area contributed by atoms with E-state index in [2.05, 4.69) is 53.8 Å². The van der Waals surface area contributed by atoms with Crippen molar-refractivity contribution in [1.29, 1.82) is 0 Å². The van der Waals surface area contributed by atoms with Crippen LogP contribution >= 0.6 is 0 Å². The standard InChI is InChI=1S/C16H13N/c1-2-4-12-6-14-8-16-10-17-9-15(16)7-13(14)5-11(12)3-1/h1-6,9-10,17H,7-8H2. The van der Waals surface area contributed by atoms with E-state index in [1.54, 1.807) is 0 Å². The molecule has 0 bridgehead atoms. The maximum Gasteiger partial charge on any atom is 0.00437 e. The van der Waals surface area contributed by atoms with Crippen LogP contribution in [0.5, 0.6) is 0 Å². The van der Waals surface area contributed by atoms with Crippen LogP contribution in [0.3, 0.4) is 0 Å². The van der Waals surface area contributed by atoms with Gasteiger partial charge in [0.05, 0.1) is 0 Å². The Labute approximate surface area is 100 Å². The van der Waals surface area contributed by atoms with Gasteiger partial charge in [0.15, 0.2) is 0 Å². The number of aromatic nitrogens is 1. The fraction of sp³-hybridized carbons (Fsp3) is 0.125. The summed E-state index contributed by atoms with van der Waals surface area (Å²) < 4.78 is 0. The average molecular weight is 219 g/mol. The summed E-state index contributed by atoms with van der Waals surface area (Å²) in [6, 6.07) is 13.3. The number of H-pyrrole nitrogens is 1. The van der Waals surface area contributed by atoms with Gasteiger partial charge in [0, 0.05) is 12.4 Å². The minimum absolute atomic E-state index is 1.07. The van der Waals surface area contributed by atoms with E-state index in [4.69, 9.17) is 0 Å². The maximum atomic E-state index is 3.22. The molecule has 1 aliphatic carbocycles. The van der Waals surface area contributed by atoms with Gasteiger partial charge in [-0.05, 0) is 45.9 Å². The third kappa shape index (κ3) is 1.32. The summed E-state index contributed by atoms with van der Waals surface area (Å²) in [6.45, 7) is 0. The minimum atomic E-state index is 1.07. The van der Waals surface area contributed by atoms with Crippen LogP contribution in [0, 0.1) is 0 Å². The molecule has 2 aromatic carbocycles. The van der Waals surface area contributed by atoms with E-state index < -0.39 is 0 Å². The minimum Gasteiger partial charge on any atom is -0.367 e. The van der Waals surface area contributed by atoms with Crippen LogP contribution < -0.4 is 0 Å². The van der Waals surface area contributed by atoms with Crippen molar-refractivity contribution in [2.24, 2.45) is 0 Å². The highest BCUT2D eigenvalue weighted by Gasteiger charge is 2.16. The molecule has 82 valence electrons. The number of rotatable bonds is 0. The Morgan fingerprint density at radius 3 is 1.76 bits per heavy atom. The first-order chi connectivity index (χ1) is 8.40. The van der Waals surface area contributed by atoms with Crippen molar-refractivity contribution in [3.63, 3.8) is 0 Å². The highest BCUT2D eigenvalue weighted by atomic mass is 14.6. The lowest BCUT2D eigenvalue weighted by Crippen LogP contribution is -2.04. The Hall–Kier alpha value is -2.02. The largest absolute Gasteiger partial charge is 0.367 e. The Kier molecular flexibility index (Phi) is 1.72. The predicted octanol–water partition coefficient (Wildman–Crippen LogP) is 3.66. The Morgan fingerprint density at radius 2 is 1.24 bits per heavy atom. The number of aromatic amines is 1. The Bertz CT molecular complexity index is 647. The molecule has 0 radical (unpaired) electrons. The molecule has 1 aromatic heterocycles. The Balaban J connectivity index is 1.95. The smallest absolute Gasteiger partial charge is 0.00437 e. The Morgan fingerprint density at radius 1 is 0.706 bits per heavy atom. The van der Waals surface area contributed by atoms with Crippen molar-refractivity contribution < 1.29 is 0 Å². The molecule has 0 aliphatic heterocycles. The maximum absolute atomic E-state index is 3.22. The zero-order chi connectivity index (χ0) is 11.2. The highest BCUT2D eigenvalue weighted by molar-refractivity contribution is 5.84. The first-order valence-electron chi connectivity index (χ1n) is 6.05. The molecule has 3 aromatic rings. The van der Waals surface area contributed by atoms with Gasteiger partial charge in [-0.25, -0.2) is 0 Å². The zero-order valence-electron chi connectivity index (χ0n) is 9.53. The lowest BCUT2D eigenvalue weighted by atomic mass is 9.87. The number of benzene rings is 2. The molecule has 1 aliphatic rings. The molecule has 0 amide bonds. The summed E-state index contributed by atoms with van der Waals surface area (Å²) >= 11 is 0. The fourth-order valence-electron chi connectivity index (χ4n) is 2.83. The molecular weight excluding hydrogens is 206 g/mol. The predicted molar refractivity (Wildman–Crippen MR) is 70.4 cm³/mol. The molecule has 0 saturated carbocycles. The highest BCUT2D eigenvalue weighted by Crippen LogP contribution is 2.30. The molecule has 1 N–H and O–H groups in total. The monoisotopic (exact) mass is 219 g/mol. The molecule has 0 fully saturated rings. The van der Waals surface area contributed by atoms with Gasteiger partial charge in [-0.3, -0.25) is 0 Å². The second-order valence-electron chi connectivity index (χ2n) is 4.83. The van der Waals surface area contributed by atoms with Crippen LogP contribution in [0.4, 0.5) is 0 Å². The molecule has 0 unspecified atom stereocenters. The summed E-state index contributed by atoms with van der Waals surface area (Å²) in [7, 11) is 0. The molecule has 1 heteroatoms. The van der Waals surface area contributed by atoms with Gasteiger partial charge >= 0.3 is 0 Å². The van der Waals surface area contributed by atoms with E-state index >= 15 is 0 Å². The van der Waals surface area contributed by atoms with E-state index in [0.717, 1.165) is 12.8 Å². The van der Waals surface area contributed by atoms with Crippen molar-refractivity contribution in [2.45, 2.75) is 12.8 Å².